The lowest BCUT2D eigenvalue weighted by atomic mass is 9.97. The van der Waals surface area contributed by atoms with Crippen LogP contribution in [0.5, 0.6) is 0 Å². The molecule has 0 saturated carbocycles. The molecule has 2 rings (SSSR count). The van der Waals surface area contributed by atoms with Gasteiger partial charge in [0.05, 0.1) is 6.04 Å². The van der Waals surface area contributed by atoms with Crippen LogP contribution in [0.25, 0.3) is 0 Å². The van der Waals surface area contributed by atoms with E-state index in [2.05, 4.69) is 24.5 Å². The second-order valence-electron chi connectivity index (χ2n) is 6.53. The molecular formula is C20H23ClN2O2. The first-order valence-corrected chi connectivity index (χ1v) is 8.67. The van der Waals surface area contributed by atoms with Crippen molar-refractivity contribution in [3.05, 3.63) is 64.7 Å². The Hall–Kier alpha value is -2.33. The van der Waals surface area contributed by atoms with E-state index >= 15 is 0 Å². The van der Waals surface area contributed by atoms with Gasteiger partial charge in [-0.1, -0.05) is 55.3 Å². The molecule has 0 heterocycles. The van der Waals surface area contributed by atoms with Crippen LogP contribution >= 0.6 is 11.6 Å². The number of benzene rings is 2. The molecule has 0 fully saturated rings. The topological polar surface area (TPSA) is 58.2 Å². The quantitative estimate of drug-likeness (QED) is 0.773. The molecule has 2 amide bonds. The molecule has 132 valence electrons. The van der Waals surface area contributed by atoms with E-state index in [-0.39, 0.29) is 6.04 Å². The predicted octanol–water partition coefficient (Wildman–Crippen LogP) is 4.49. The zero-order valence-electron chi connectivity index (χ0n) is 14.7. The smallest absolute Gasteiger partial charge is 0.313 e. The Morgan fingerprint density at radius 3 is 2.12 bits per heavy atom. The molecule has 5 heteroatoms. The summed E-state index contributed by atoms with van der Waals surface area (Å²) in [4.78, 5) is 24.5. The van der Waals surface area contributed by atoms with E-state index in [4.69, 9.17) is 11.6 Å². The highest BCUT2D eigenvalue weighted by atomic mass is 35.5. The average Bonchev–Trinajstić information content (AvgIpc) is 2.56. The van der Waals surface area contributed by atoms with Gasteiger partial charge in [0.15, 0.2) is 0 Å². The van der Waals surface area contributed by atoms with Crippen molar-refractivity contribution in [1.82, 2.24) is 5.32 Å². The number of aryl methyl sites for hydroxylation is 1. The maximum Gasteiger partial charge on any atom is 0.313 e. The number of halogens is 1. The first-order valence-electron chi connectivity index (χ1n) is 8.29. The fourth-order valence-electron chi connectivity index (χ4n) is 2.49. The Morgan fingerprint density at radius 1 is 0.960 bits per heavy atom. The van der Waals surface area contributed by atoms with Gasteiger partial charge in [0, 0.05) is 10.7 Å². The van der Waals surface area contributed by atoms with Gasteiger partial charge < -0.3 is 10.6 Å². The Kier molecular flexibility index (Phi) is 6.59. The number of anilines is 1. The van der Waals surface area contributed by atoms with Crippen LogP contribution in [0.2, 0.25) is 5.02 Å². The van der Waals surface area contributed by atoms with E-state index < -0.39 is 11.8 Å². The minimum Gasteiger partial charge on any atom is -0.341 e. The van der Waals surface area contributed by atoms with E-state index in [9.17, 15) is 9.59 Å². The Balaban J connectivity index is 2.06. The predicted molar refractivity (Wildman–Crippen MR) is 102 cm³/mol. The number of hydrogen-bond donors (Lipinski definition) is 2. The standard InChI is InChI=1S/C20H23ClN2O2/c1-13(2)12-18(15-6-8-16(21)9-7-15)23-20(25)19(24)22-17-10-4-14(3)5-11-17/h4-11,13,18H,12H2,1-3H3,(H,22,24)(H,23,25)/t18-/m0/s1. The summed E-state index contributed by atoms with van der Waals surface area (Å²) in [6.45, 7) is 6.10. The summed E-state index contributed by atoms with van der Waals surface area (Å²) < 4.78 is 0. The van der Waals surface area contributed by atoms with Crippen molar-refractivity contribution < 1.29 is 9.59 Å². The molecule has 0 aliphatic rings. The number of nitrogens with one attached hydrogen (secondary N) is 2. The normalized spacial score (nSPS) is 11.9. The van der Waals surface area contributed by atoms with Crippen LogP contribution < -0.4 is 10.6 Å². The van der Waals surface area contributed by atoms with Gasteiger partial charge in [-0.05, 0) is 49.1 Å². The fourth-order valence-corrected chi connectivity index (χ4v) is 2.62. The number of rotatable bonds is 5. The second-order valence-corrected chi connectivity index (χ2v) is 6.96. The van der Waals surface area contributed by atoms with Crippen LogP contribution in [0.1, 0.15) is 37.4 Å². The summed E-state index contributed by atoms with van der Waals surface area (Å²) in [5.74, 6) is -0.964. The van der Waals surface area contributed by atoms with Gasteiger partial charge in [0.25, 0.3) is 0 Å². The number of hydrogen-bond acceptors (Lipinski definition) is 2. The molecule has 0 aromatic heterocycles. The van der Waals surface area contributed by atoms with Gasteiger partial charge in [-0.25, -0.2) is 0 Å². The first-order chi connectivity index (χ1) is 11.8. The molecule has 4 nitrogen and oxygen atoms in total. The molecule has 2 aromatic carbocycles. The lowest BCUT2D eigenvalue weighted by molar-refractivity contribution is -0.136. The van der Waals surface area contributed by atoms with Crippen LogP contribution in [0.3, 0.4) is 0 Å². The highest BCUT2D eigenvalue weighted by Gasteiger charge is 2.21. The van der Waals surface area contributed by atoms with Crippen molar-refractivity contribution in [2.24, 2.45) is 5.92 Å². The Labute approximate surface area is 153 Å². The van der Waals surface area contributed by atoms with E-state index in [1.807, 2.05) is 31.2 Å². The molecule has 1 atom stereocenters. The highest BCUT2D eigenvalue weighted by molar-refractivity contribution is 6.39. The van der Waals surface area contributed by atoms with Crippen molar-refractivity contribution >= 4 is 29.1 Å². The van der Waals surface area contributed by atoms with E-state index in [1.54, 1.807) is 24.3 Å². The molecule has 0 bridgehead atoms. The summed E-state index contributed by atoms with van der Waals surface area (Å²) in [6, 6.07) is 14.3. The SMILES string of the molecule is Cc1ccc(NC(=O)C(=O)N[C@@H](CC(C)C)c2ccc(Cl)cc2)cc1. The average molecular weight is 359 g/mol. The lowest BCUT2D eigenvalue weighted by Crippen LogP contribution is -2.38. The summed E-state index contributed by atoms with van der Waals surface area (Å²) >= 11 is 5.93. The number of carbonyl (C=O) groups excluding carboxylic acids is 2. The third kappa shape index (κ3) is 5.91. The van der Waals surface area contributed by atoms with Crippen molar-refractivity contribution in [1.29, 1.82) is 0 Å². The summed E-state index contributed by atoms with van der Waals surface area (Å²) in [5.41, 5.74) is 2.61. The maximum absolute atomic E-state index is 12.3. The third-order valence-electron chi connectivity index (χ3n) is 3.80. The molecule has 0 radical (unpaired) electrons. The van der Waals surface area contributed by atoms with Gasteiger partial charge in [-0.15, -0.1) is 0 Å². The van der Waals surface area contributed by atoms with Crippen LogP contribution in [-0.4, -0.2) is 11.8 Å². The third-order valence-corrected chi connectivity index (χ3v) is 4.05. The fraction of sp³-hybridized carbons (Fsp3) is 0.300. The summed E-state index contributed by atoms with van der Waals surface area (Å²) in [5, 5.41) is 6.07. The van der Waals surface area contributed by atoms with Crippen LogP contribution in [0.4, 0.5) is 5.69 Å². The van der Waals surface area contributed by atoms with E-state index in [1.165, 1.54) is 0 Å². The monoisotopic (exact) mass is 358 g/mol. The number of carbonyl (C=O) groups is 2. The van der Waals surface area contributed by atoms with Crippen LogP contribution in [-0.2, 0) is 9.59 Å². The molecule has 0 saturated heterocycles. The van der Waals surface area contributed by atoms with E-state index in [0.717, 1.165) is 17.5 Å². The van der Waals surface area contributed by atoms with Crippen molar-refractivity contribution in [3.63, 3.8) is 0 Å². The largest absolute Gasteiger partial charge is 0.341 e. The van der Waals surface area contributed by atoms with Crippen molar-refractivity contribution in [3.8, 4) is 0 Å². The second kappa shape index (κ2) is 8.67. The lowest BCUT2D eigenvalue weighted by Gasteiger charge is -2.21. The Bertz CT molecular complexity index is 724. The highest BCUT2D eigenvalue weighted by Crippen LogP contribution is 2.23. The Morgan fingerprint density at radius 2 is 1.56 bits per heavy atom. The molecule has 25 heavy (non-hydrogen) atoms. The molecule has 0 spiro atoms. The van der Waals surface area contributed by atoms with Crippen molar-refractivity contribution in [2.45, 2.75) is 33.2 Å². The molecular weight excluding hydrogens is 336 g/mol. The minimum atomic E-state index is -0.674. The minimum absolute atomic E-state index is 0.242. The molecule has 2 aromatic rings. The van der Waals surface area contributed by atoms with Crippen LogP contribution in [0, 0.1) is 12.8 Å². The van der Waals surface area contributed by atoms with Crippen LogP contribution in [0.15, 0.2) is 48.5 Å². The molecule has 0 aliphatic heterocycles. The van der Waals surface area contributed by atoms with Gasteiger partial charge in [0.1, 0.15) is 0 Å². The van der Waals surface area contributed by atoms with E-state index in [0.29, 0.717) is 16.6 Å². The summed E-state index contributed by atoms with van der Waals surface area (Å²) in [6.07, 6.45) is 0.727. The molecule has 0 aliphatic carbocycles. The van der Waals surface area contributed by atoms with Gasteiger partial charge in [-0.2, -0.15) is 0 Å². The molecule has 2 N–H and O–H groups in total. The van der Waals surface area contributed by atoms with Gasteiger partial charge in [-0.3, -0.25) is 9.59 Å². The molecule has 0 unspecified atom stereocenters. The number of amides is 2. The van der Waals surface area contributed by atoms with Crippen molar-refractivity contribution in [2.75, 3.05) is 5.32 Å². The first kappa shape index (κ1) is 19.0. The van der Waals surface area contributed by atoms with Gasteiger partial charge >= 0.3 is 11.8 Å². The zero-order valence-corrected chi connectivity index (χ0v) is 15.4. The van der Waals surface area contributed by atoms with Gasteiger partial charge in [0.2, 0.25) is 0 Å². The maximum atomic E-state index is 12.3. The summed E-state index contributed by atoms with van der Waals surface area (Å²) in [7, 11) is 0. The zero-order chi connectivity index (χ0) is 18.4.